The van der Waals surface area contributed by atoms with Crippen LogP contribution in [0.2, 0.25) is 0 Å². The number of benzene rings is 1. The summed E-state index contributed by atoms with van der Waals surface area (Å²) in [5, 5.41) is 3.04. The van der Waals surface area contributed by atoms with Crippen LogP contribution in [0.4, 0.5) is 10.1 Å². The molecule has 0 aliphatic heterocycles. The predicted molar refractivity (Wildman–Crippen MR) is 78.0 cm³/mol. The van der Waals surface area contributed by atoms with Crippen molar-refractivity contribution >= 4 is 11.6 Å². The maximum Gasteiger partial charge on any atom is 0.236 e. The molecule has 3 N–H and O–H groups in total. The minimum Gasteiger partial charge on any atom is -0.368 e. The van der Waals surface area contributed by atoms with Gasteiger partial charge >= 0.3 is 0 Å². The van der Waals surface area contributed by atoms with Crippen LogP contribution in [-0.4, -0.2) is 25.5 Å². The molecule has 20 heavy (non-hydrogen) atoms. The summed E-state index contributed by atoms with van der Waals surface area (Å²) in [5.74, 6) is -0.610. The summed E-state index contributed by atoms with van der Waals surface area (Å²) in [6, 6.07) is 5.04. The number of nitrogens with zero attached hydrogens (tertiary/aromatic N) is 1. The number of hydrogen-bond donors (Lipinski definition) is 2. The fourth-order valence-electron chi connectivity index (χ4n) is 2.96. The molecule has 0 unspecified atom stereocenters. The molecule has 5 heteroatoms. The monoisotopic (exact) mass is 279 g/mol. The number of hydrogen-bond acceptors (Lipinski definition) is 3. The van der Waals surface area contributed by atoms with E-state index in [1.54, 1.807) is 6.07 Å². The summed E-state index contributed by atoms with van der Waals surface area (Å²) in [4.78, 5) is 13.4. The Balaban J connectivity index is 2.33. The Labute approximate surface area is 119 Å². The van der Waals surface area contributed by atoms with Gasteiger partial charge in [0.15, 0.2) is 0 Å². The molecule has 0 atom stereocenters. The minimum absolute atomic E-state index is 0.188. The zero-order chi connectivity index (χ0) is 14.5. The molecular weight excluding hydrogens is 257 g/mol. The fraction of sp³-hybridized carbons (Fsp3) is 0.533. The highest BCUT2D eigenvalue weighted by atomic mass is 19.1. The van der Waals surface area contributed by atoms with Crippen LogP contribution in [0, 0.1) is 5.82 Å². The van der Waals surface area contributed by atoms with Gasteiger partial charge in [-0.05, 0) is 43.7 Å². The molecule has 1 aromatic rings. The lowest BCUT2D eigenvalue weighted by Crippen LogP contribution is -2.41. The number of amides is 1. The highest BCUT2D eigenvalue weighted by Gasteiger charge is 2.25. The lowest BCUT2D eigenvalue weighted by Gasteiger charge is -2.32. The molecule has 0 heterocycles. The van der Waals surface area contributed by atoms with Crippen LogP contribution >= 0.6 is 0 Å². The van der Waals surface area contributed by atoms with E-state index in [4.69, 9.17) is 5.73 Å². The maximum atomic E-state index is 13.4. The molecule has 1 fully saturated rings. The number of carbonyl (C=O) groups is 1. The Hall–Kier alpha value is -1.62. The zero-order valence-electron chi connectivity index (χ0n) is 11.9. The van der Waals surface area contributed by atoms with Crippen LogP contribution in [0.1, 0.15) is 31.2 Å². The molecule has 1 aromatic carbocycles. The SMILES string of the molecule is CNCc1cc(F)ccc1N(CC(N)=O)C1CCCC1. The lowest BCUT2D eigenvalue weighted by atomic mass is 10.1. The first-order valence-corrected chi connectivity index (χ1v) is 7.10. The topological polar surface area (TPSA) is 58.4 Å². The largest absolute Gasteiger partial charge is 0.368 e. The van der Waals surface area contributed by atoms with Crippen molar-refractivity contribution in [3.05, 3.63) is 29.6 Å². The Kier molecular flexibility index (Phi) is 4.95. The van der Waals surface area contributed by atoms with Gasteiger partial charge in [0, 0.05) is 18.3 Å². The minimum atomic E-state index is -0.350. The molecule has 1 saturated carbocycles. The molecular formula is C15H22FN3O. The number of nitrogens with two attached hydrogens (primary N) is 1. The first kappa shape index (κ1) is 14.8. The van der Waals surface area contributed by atoms with E-state index < -0.39 is 0 Å². The summed E-state index contributed by atoms with van der Waals surface area (Å²) in [5.41, 5.74) is 7.15. The molecule has 1 amide bonds. The van der Waals surface area contributed by atoms with Crippen molar-refractivity contribution in [2.45, 2.75) is 38.3 Å². The second-order valence-electron chi connectivity index (χ2n) is 5.34. The quantitative estimate of drug-likeness (QED) is 0.834. The van der Waals surface area contributed by atoms with Crippen LogP contribution in [-0.2, 0) is 11.3 Å². The summed E-state index contributed by atoms with van der Waals surface area (Å²) in [6.07, 6.45) is 4.46. The van der Waals surface area contributed by atoms with E-state index >= 15 is 0 Å². The molecule has 2 rings (SSSR count). The van der Waals surface area contributed by atoms with Crippen molar-refractivity contribution in [1.29, 1.82) is 0 Å². The van der Waals surface area contributed by atoms with E-state index in [0.717, 1.165) is 24.1 Å². The number of nitrogens with one attached hydrogen (secondary N) is 1. The van der Waals surface area contributed by atoms with Crippen molar-refractivity contribution in [3.63, 3.8) is 0 Å². The molecule has 1 aliphatic carbocycles. The van der Waals surface area contributed by atoms with E-state index in [9.17, 15) is 9.18 Å². The summed E-state index contributed by atoms with van der Waals surface area (Å²) in [7, 11) is 1.82. The fourth-order valence-corrected chi connectivity index (χ4v) is 2.96. The van der Waals surface area contributed by atoms with E-state index in [-0.39, 0.29) is 18.3 Å². The van der Waals surface area contributed by atoms with Crippen LogP contribution in [0.15, 0.2) is 18.2 Å². The van der Waals surface area contributed by atoms with Gasteiger partial charge in [-0.25, -0.2) is 4.39 Å². The van der Waals surface area contributed by atoms with Crippen LogP contribution in [0.5, 0.6) is 0 Å². The molecule has 0 radical (unpaired) electrons. The standard InChI is InChI=1S/C15H22FN3O/c1-18-9-11-8-12(16)6-7-14(11)19(10-15(17)20)13-4-2-3-5-13/h6-8,13,18H,2-5,9-10H2,1H3,(H2,17,20). The summed E-state index contributed by atoms with van der Waals surface area (Å²) < 4.78 is 13.4. The van der Waals surface area contributed by atoms with Gasteiger partial charge in [0.25, 0.3) is 0 Å². The Morgan fingerprint density at radius 1 is 1.45 bits per heavy atom. The number of primary amides is 1. The number of anilines is 1. The molecule has 0 saturated heterocycles. The second-order valence-corrected chi connectivity index (χ2v) is 5.34. The average molecular weight is 279 g/mol. The molecule has 110 valence electrons. The molecule has 0 spiro atoms. The van der Waals surface area contributed by atoms with Gasteiger partial charge in [-0.1, -0.05) is 12.8 Å². The third-order valence-electron chi connectivity index (χ3n) is 3.81. The average Bonchev–Trinajstić information content (AvgIpc) is 2.90. The van der Waals surface area contributed by atoms with Crippen molar-refractivity contribution < 1.29 is 9.18 Å². The normalized spacial score (nSPS) is 15.5. The van der Waals surface area contributed by atoms with Crippen molar-refractivity contribution in [1.82, 2.24) is 5.32 Å². The van der Waals surface area contributed by atoms with Gasteiger partial charge in [0.1, 0.15) is 5.82 Å². The van der Waals surface area contributed by atoms with Crippen LogP contribution in [0.3, 0.4) is 0 Å². The van der Waals surface area contributed by atoms with Gasteiger partial charge in [0.2, 0.25) is 5.91 Å². The Morgan fingerprint density at radius 2 is 2.15 bits per heavy atom. The van der Waals surface area contributed by atoms with Gasteiger partial charge in [-0.15, -0.1) is 0 Å². The number of rotatable bonds is 6. The smallest absolute Gasteiger partial charge is 0.236 e. The van der Waals surface area contributed by atoms with Crippen molar-refractivity contribution in [2.75, 3.05) is 18.5 Å². The van der Waals surface area contributed by atoms with E-state index in [0.29, 0.717) is 12.6 Å². The Bertz CT molecular complexity index is 472. The van der Waals surface area contributed by atoms with E-state index in [1.165, 1.54) is 25.0 Å². The van der Waals surface area contributed by atoms with Gasteiger partial charge < -0.3 is 16.0 Å². The zero-order valence-corrected chi connectivity index (χ0v) is 11.9. The summed E-state index contributed by atoms with van der Waals surface area (Å²) in [6.45, 7) is 0.752. The number of halogens is 1. The predicted octanol–water partition coefficient (Wildman–Crippen LogP) is 1.78. The lowest BCUT2D eigenvalue weighted by molar-refractivity contribution is -0.116. The molecule has 0 aromatic heterocycles. The van der Waals surface area contributed by atoms with E-state index in [1.807, 2.05) is 11.9 Å². The summed E-state index contributed by atoms with van der Waals surface area (Å²) >= 11 is 0. The van der Waals surface area contributed by atoms with E-state index in [2.05, 4.69) is 5.32 Å². The van der Waals surface area contributed by atoms with Crippen LogP contribution < -0.4 is 16.0 Å². The Morgan fingerprint density at radius 3 is 2.75 bits per heavy atom. The third-order valence-corrected chi connectivity index (χ3v) is 3.81. The van der Waals surface area contributed by atoms with Gasteiger partial charge in [0.05, 0.1) is 6.54 Å². The highest BCUT2D eigenvalue weighted by molar-refractivity contribution is 5.80. The maximum absolute atomic E-state index is 13.4. The van der Waals surface area contributed by atoms with Crippen molar-refractivity contribution in [3.8, 4) is 0 Å². The molecule has 0 bridgehead atoms. The highest BCUT2D eigenvalue weighted by Crippen LogP contribution is 2.30. The third kappa shape index (κ3) is 3.48. The first-order chi connectivity index (χ1) is 9.61. The van der Waals surface area contributed by atoms with Gasteiger partial charge in [-0.2, -0.15) is 0 Å². The second kappa shape index (κ2) is 6.70. The van der Waals surface area contributed by atoms with Crippen molar-refractivity contribution in [2.24, 2.45) is 5.73 Å². The van der Waals surface area contributed by atoms with Crippen LogP contribution in [0.25, 0.3) is 0 Å². The first-order valence-electron chi connectivity index (χ1n) is 7.10. The number of carbonyl (C=O) groups excluding carboxylic acids is 1. The molecule has 1 aliphatic rings. The van der Waals surface area contributed by atoms with Gasteiger partial charge in [-0.3, -0.25) is 4.79 Å². The molecule has 4 nitrogen and oxygen atoms in total.